The molecule has 0 radical (unpaired) electrons. The predicted octanol–water partition coefficient (Wildman–Crippen LogP) is 3.88. The summed E-state index contributed by atoms with van der Waals surface area (Å²) in [6.07, 6.45) is 0. The molecule has 5 heteroatoms. The number of rotatable bonds is 3. The summed E-state index contributed by atoms with van der Waals surface area (Å²) >= 11 is 12.2. The summed E-state index contributed by atoms with van der Waals surface area (Å²) in [4.78, 5) is 2.38. The minimum absolute atomic E-state index is 0.113. The Morgan fingerprint density at radius 1 is 1.14 bits per heavy atom. The molecule has 0 saturated carbocycles. The van der Waals surface area contributed by atoms with Crippen molar-refractivity contribution in [3.8, 4) is 0 Å². The molecular formula is C16H24Cl2N2O. The van der Waals surface area contributed by atoms with Crippen LogP contribution < -0.4 is 5.73 Å². The SMILES string of the molecule is CC1(C)CN(C(CN)c2ccc(Cl)c(Cl)c2)CC(C)(C)O1. The van der Waals surface area contributed by atoms with Crippen molar-refractivity contribution in [2.45, 2.75) is 44.9 Å². The van der Waals surface area contributed by atoms with Gasteiger partial charge in [-0.15, -0.1) is 0 Å². The third kappa shape index (κ3) is 4.11. The first-order valence-electron chi connectivity index (χ1n) is 7.23. The van der Waals surface area contributed by atoms with E-state index < -0.39 is 0 Å². The Morgan fingerprint density at radius 3 is 2.19 bits per heavy atom. The van der Waals surface area contributed by atoms with E-state index in [1.807, 2.05) is 18.2 Å². The maximum Gasteiger partial charge on any atom is 0.0761 e. The maximum absolute atomic E-state index is 6.15. The highest BCUT2D eigenvalue weighted by atomic mass is 35.5. The van der Waals surface area contributed by atoms with E-state index in [2.05, 4.69) is 32.6 Å². The molecule has 21 heavy (non-hydrogen) atoms. The fourth-order valence-corrected chi connectivity index (χ4v) is 3.59. The van der Waals surface area contributed by atoms with Gasteiger partial charge >= 0.3 is 0 Å². The van der Waals surface area contributed by atoms with Gasteiger partial charge in [-0.25, -0.2) is 0 Å². The second kappa shape index (κ2) is 6.05. The van der Waals surface area contributed by atoms with Crippen molar-refractivity contribution in [2.75, 3.05) is 19.6 Å². The number of hydrogen-bond acceptors (Lipinski definition) is 3. The molecule has 0 amide bonds. The van der Waals surface area contributed by atoms with Crippen molar-refractivity contribution in [2.24, 2.45) is 5.73 Å². The number of nitrogens with two attached hydrogens (primary N) is 1. The van der Waals surface area contributed by atoms with E-state index in [9.17, 15) is 0 Å². The molecule has 1 aromatic rings. The van der Waals surface area contributed by atoms with Crippen LogP contribution in [0.3, 0.4) is 0 Å². The summed E-state index contributed by atoms with van der Waals surface area (Å²) in [6, 6.07) is 5.86. The zero-order valence-corrected chi connectivity index (χ0v) is 14.6. The molecule has 1 aliphatic rings. The Kier molecular flexibility index (Phi) is 4.91. The molecule has 1 heterocycles. The Bertz CT molecular complexity index is 501. The summed E-state index contributed by atoms with van der Waals surface area (Å²) in [7, 11) is 0. The molecule has 1 atom stereocenters. The second-order valence-corrected chi connectivity index (χ2v) is 7.77. The molecule has 2 rings (SSSR count). The van der Waals surface area contributed by atoms with Crippen LogP contribution in [0.25, 0.3) is 0 Å². The van der Waals surface area contributed by atoms with Crippen LogP contribution in [0.4, 0.5) is 0 Å². The summed E-state index contributed by atoms with van der Waals surface area (Å²) in [5.41, 5.74) is 6.73. The third-order valence-corrected chi connectivity index (χ3v) is 4.45. The number of morpholine rings is 1. The number of nitrogens with zero attached hydrogens (tertiary/aromatic N) is 1. The Morgan fingerprint density at radius 2 is 1.71 bits per heavy atom. The second-order valence-electron chi connectivity index (χ2n) is 6.95. The smallest absolute Gasteiger partial charge is 0.0761 e. The van der Waals surface area contributed by atoms with E-state index in [0.29, 0.717) is 16.6 Å². The monoisotopic (exact) mass is 330 g/mol. The number of ether oxygens (including phenoxy) is 1. The Hall–Kier alpha value is -0.320. The van der Waals surface area contributed by atoms with E-state index in [-0.39, 0.29) is 17.2 Å². The van der Waals surface area contributed by atoms with Gasteiger partial charge in [-0.3, -0.25) is 4.90 Å². The molecule has 3 nitrogen and oxygen atoms in total. The van der Waals surface area contributed by atoms with Crippen molar-refractivity contribution in [1.82, 2.24) is 4.90 Å². The quantitative estimate of drug-likeness (QED) is 0.913. The minimum atomic E-state index is -0.203. The molecule has 1 aliphatic heterocycles. The number of benzene rings is 1. The van der Waals surface area contributed by atoms with Crippen LogP contribution in [-0.4, -0.2) is 35.7 Å². The molecule has 1 saturated heterocycles. The van der Waals surface area contributed by atoms with Gasteiger partial charge in [0.1, 0.15) is 0 Å². The number of hydrogen-bond donors (Lipinski definition) is 1. The molecule has 0 bridgehead atoms. The Labute approximate surface area is 137 Å². The third-order valence-electron chi connectivity index (χ3n) is 3.71. The fourth-order valence-electron chi connectivity index (χ4n) is 3.28. The number of halogens is 2. The van der Waals surface area contributed by atoms with Crippen molar-refractivity contribution < 1.29 is 4.74 Å². The normalized spacial score (nSPS) is 23.0. The molecule has 2 N–H and O–H groups in total. The summed E-state index contributed by atoms with van der Waals surface area (Å²) in [5, 5.41) is 1.14. The lowest BCUT2D eigenvalue weighted by molar-refractivity contribution is -0.187. The highest BCUT2D eigenvalue weighted by molar-refractivity contribution is 6.42. The van der Waals surface area contributed by atoms with Crippen LogP contribution in [-0.2, 0) is 4.74 Å². The first-order chi connectivity index (χ1) is 9.63. The van der Waals surface area contributed by atoms with Crippen LogP contribution in [0, 0.1) is 0 Å². The van der Waals surface area contributed by atoms with Crippen molar-refractivity contribution in [3.05, 3.63) is 33.8 Å². The topological polar surface area (TPSA) is 38.5 Å². The van der Waals surface area contributed by atoms with Gasteiger partial charge in [0.2, 0.25) is 0 Å². The maximum atomic E-state index is 6.15. The Balaban J connectivity index is 2.29. The molecule has 118 valence electrons. The van der Waals surface area contributed by atoms with Gasteiger partial charge in [-0.05, 0) is 45.4 Å². The van der Waals surface area contributed by atoms with Crippen LogP contribution in [0.1, 0.15) is 39.3 Å². The zero-order chi connectivity index (χ0) is 15.8. The van der Waals surface area contributed by atoms with Crippen LogP contribution in [0.5, 0.6) is 0 Å². The highest BCUT2D eigenvalue weighted by Crippen LogP contribution is 2.34. The average Bonchev–Trinajstić information content (AvgIpc) is 2.30. The van der Waals surface area contributed by atoms with Crippen LogP contribution in [0.15, 0.2) is 18.2 Å². The average molecular weight is 331 g/mol. The van der Waals surface area contributed by atoms with Gasteiger partial charge in [0.05, 0.1) is 21.2 Å². The van der Waals surface area contributed by atoms with E-state index in [4.69, 9.17) is 33.7 Å². The van der Waals surface area contributed by atoms with Crippen LogP contribution >= 0.6 is 23.2 Å². The van der Waals surface area contributed by atoms with Crippen LogP contribution in [0.2, 0.25) is 10.0 Å². The zero-order valence-electron chi connectivity index (χ0n) is 13.1. The molecule has 1 unspecified atom stereocenters. The van der Waals surface area contributed by atoms with E-state index in [0.717, 1.165) is 18.7 Å². The molecule has 1 aromatic carbocycles. The molecule has 0 aliphatic carbocycles. The minimum Gasteiger partial charge on any atom is -0.367 e. The van der Waals surface area contributed by atoms with Gasteiger partial charge in [0.25, 0.3) is 0 Å². The first kappa shape index (κ1) is 17.0. The van der Waals surface area contributed by atoms with E-state index in [1.165, 1.54) is 0 Å². The van der Waals surface area contributed by atoms with Gasteiger partial charge in [0, 0.05) is 25.7 Å². The lowest BCUT2D eigenvalue weighted by Crippen LogP contribution is -2.58. The lowest BCUT2D eigenvalue weighted by atomic mass is 9.95. The summed E-state index contributed by atoms with van der Waals surface area (Å²) in [5.74, 6) is 0. The molecule has 0 aromatic heterocycles. The molecule has 1 fully saturated rings. The first-order valence-corrected chi connectivity index (χ1v) is 7.98. The molecule has 0 spiro atoms. The fraction of sp³-hybridized carbons (Fsp3) is 0.625. The molecular weight excluding hydrogens is 307 g/mol. The van der Waals surface area contributed by atoms with Gasteiger partial charge in [0.15, 0.2) is 0 Å². The lowest BCUT2D eigenvalue weighted by Gasteiger charge is -2.49. The van der Waals surface area contributed by atoms with Gasteiger partial charge in [-0.2, -0.15) is 0 Å². The van der Waals surface area contributed by atoms with E-state index >= 15 is 0 Å². The highest BCUT2D eigenvalue weighted by Gasteiger charge is 2.40. The largest absolute Gasteiger partial charge is 0.367 e. The van der Waals surface area contributed by atoms with Gasteiger partial charge in [-0.1, -0.05) is 29.3 Å². The van der Waals surface area contributed by atoms with Gasteiger partial charge < -0.3 is 10.5 Å². The van der Waals surface area contributed by atoms with Crippen molar-refractivity contribution >= 4 is 23.2 Å². The summed E-state index contributed by atoms with van der Waals surface area (Å²) < 4.78 is 6.14. The van der Waals surface area contributed by atoms with Crippen molar-refractivity contribution in [1.29, 1.82) is 0 Å². The van der Waals surface area contributed by atoms with E-state index in [1.54, 1.807) is 0 Å². The predicted molar refractivity (Wildman–Crippen MR) is 89.1 cm³/mol. The standard InChI is InChI=1S/C16H24Cl2N2O/c1-15(2)9-20(10-16(3,4)21-15)14(8-19)11-5-6-12(17)13(18)7-11/h5-7,14H,8-10,19H2,1-4H3. The van der Waals surface area contributed by atoms with Crippen molar-refractivity contribution in [3.63, 3.8) is 0 Å². The summed E-state index contributed by atoms with van der Waals surface area (Å²) in [6.45, 7) is 10.7.